The fourth-order valence-corrected chi connectivity index (χ4v) is 4.31. The number of carbonyl (C=O) groups is 4. The third kappa shape index (κ3) is 3.34. The Hall–Kier alpha value is -2.90. The molecular formula is C22H27N3O5. The minimum absolute atomic E-state index is 0.105. The second kappa shape index (κ2) is 7.74. The highest BCUT2D eigenvalue weighted by molar-refractivity contribution is 6.15. The van der Waals surface area contributed by atoms with Gasteiger partial charge >= 0.3 is 5.97 Å². The van der Waals surface area contributed by atoms with Gasteiger partial charge in [-0.05, 0) is 37.3 Å². The molecule has 0 unspecified atom stereocenters. The molecule has 2 fully saturated rings. The first-order valence-electron chi connectivity index (χ1n) is 10.6. The maximum atomic E-state index is 13.3. The van der Waals surface area contributed by atoms with Crippen molar-refractivity contribution >= 4 is 29.4 Å². The fourth-order valence-electron chi connectivity index (χ4n) is 4.31. The summed E-state index contributed by atoms with van der Waals surface area (Å²) in [4.78, 5) is 54.5. The van der Waals surface area contributed by atoms with Crippen molar-refractivity contribution in [3.8, 4) is 0 Å². The highest BCUT2D eigenvalue weighted by Gasteiger charge is 2.64. The maximum absolute atomic E-state index is 13.3. The van der Waals surface area contributed by atoms with Gasteiger partial charge in [-0.15, -0.1) is 0 Å². The topological polar surface area (TPSA) is 96.0 Å². The summed E-state index contributed by atoms with van der Waals surface area (Å²) in [5.74, 6) is -1.15. The molecule has 1 atom stereocenters. The third-order valence-electron chi connectivity index (χ3n) is 5.92. The molecule has 0 aromatic heterocycles. The van der Waals surface area contributed by atoms with Crippen LogP contribution in [0.1, 0.15) is 56.3 Å². The zero-order valence-electron chi connectivity index (χ0n) is 17.3. The summed E-state index contributed by atoms with van der Waals surface area (Å²) in [5, 5.41) is 2.73. The lowest BCUT2D eigenvalue weighted by atomic mass is 9.96. The van der Waals surface area contributed by atoms with Crippen molar-refractivity contribution < 1.29 is 23.9 Å². The number of rotatable bonds is 7. The number of nitrogens with zero attached hydrogens (tertiary/aromatic N) is 2. The molecule has 160 valence electrons. The van der Waals surface area contributed by atoms with Crippen LogP contribution in [0.25, 0.3) is 0 Å². The third-order valence-corrected chi connectivity index (χ3v) is 5.92. The van der Waals surface area contributed by atoms with E-state index in [0.717, 1.165) is 19.3 Å². The van der Waals surface area contributed by atoms with Gasteiger partial charge in [-0.3, -0.25) is 19.3 Å². The first-order chi connectivity index (χ1) is 14.4. The van der Waals surface area contributed by atoms with E-state index in [4.69, 9.17) is 4.74 Å². The lowest BCUT2D eigenvalue weighted by Gasteiger charge is -2.48. The number of anilines is 1. The van der Waals surface area contributed by atoms with Crippen molar-refractivity contribution in [2.75, 3.05) is 18.1 Å². The zero-order valence-corrected chi connectivity index (χ0v) is 17.3. The Bertz CT molecular complexity index is 895. The van der Waals surface area contributed by atoms with Crippen LogP contribution in [0.5, 0.6) is 0 Å². The van der Waals surface area contributed by atoms with Crippen molar-refractivity contribution in [2.24, 2.45) is 5.92 Å². The number of hydrogen-bond acceptors (Lipinski definition) is 5. The van der Waals surface area contributed by atoms with Gasteiger partial charge in [0.05, 0.1) is 11.3 Å². The molecule has 8 nitrogen and oxygen atoms in total. The van der Waals surface area contributed by atoms with Gasteiger partial charge in [-0.1, -0.05) is 26.0 Å². The van der Waals surface area contributed by atoms with Gasteiger partial charge in [0.25, 0.3) is 11.8 Å². The van der Waals surface area contributed by atoms with E-state index in [9.17, 15) is 19.2 Å². The van der Waals surface area contributed by atoms with Gasteiger partial charge in [0.1, 0.15) is 0 Å². The molecule has 30 heavy (non-hydrogen) atoms. The maximum Gasteiger partial charge on any atom is 0.354 e. The Morgan fingerprint density at radius 3 is 2.67 bits per heavy atom. The number of amides is 3. The zero-order chi connectivity index (χ0) is 21.5. The number of para-hydroxylation sites is 1. The summed E-state index contributed by atoms with van der Waals surface area (Å²) in [5.41, 5.74) is -0.670. The number of carbonyl (C=O) groups excluding carboxylic acids is 4. The van der Waals surface area contributed by atoms with Crippen molar-refractivity contribution in [3.63, 3.8) is 0 Å². The van der Waals surface area contributed by atoms with Gasteiger partial charge < -0.3 is 15.0 Å². The molecule has 1 N–H and O–H groups in total. The first-order valence-corrected chi connectivity index (χ1v) is 10.6. The molecule has 4 rings (SSSR count). The van der Waals surface area contributed by atoms with Crippen LogP contribution in [0, 0.1) is 5.92 Å². The van der Waals surface area contributed by atoms with E-state index < -0.39 is 24.1 Å². The molecular weight excluding hydrogens is 386 g/mol. The van der Waals surface area contributed by atoms with Gasteiger partial charge in [-0.2, -0.15) is 0 Å². The number of benzene rings is 1. The molecule has 2 heterocycles. The second-order valence-corrected chi connectivity index (χ2v) is 8.58. The van der Waals surface area contributed by atoms with Crippen LogP contribution in [0.3, 0.4) is 0 Å². The Balaban J connectivity index is 1.59. The van der Waals surface area contributed by atoms with E-state index in [1.165, 1.54) is 9.80 Å². The highest BCUT2D eigenvalue weighted by atomic mass is 16.5. The van der Waals surface area contributed by atoms with Crippen LogP contribution in [0.4, 0.5) is 5.69 Å². The van der Waals surface area contributed by atoms with Crippen molar-refractivity contribution in [3.05, 3.63) is 29.8 Å². The predicted octanol–water partition coefficient (Wildman–Crippen LogP) is 1.83. The Labute approximate surface area is 175 Å². The normalized spacial score (nSPS) is 22.8. The fraction of sp³-hybridized carbons (Fsp3) is 0.545. The lowest BCUT2D eigenvalue weighted by Crippen LogP contribution is -2.69. The molecule has 2 aliphatic heterocycles. The Morgan fingerprint density at radius 1 is 1.23 bits per heavy atom. The van der Waals surface area contributed by atoms with E-state index in [1.54, 1.807) is 24.3 Å². The Morgan fingerprint density at radius 2 is 1.97 bits per heavy atom. The summed E-state index contributed by atoms with van der Waals surface area (Å²) >= 11 is 0. The van der Waals surface area contributed by atoms with E-state index >= 15 is 0 Å². The van der Waals surface area contributed by atoms with Crippen molar-refractivity contribution in [1.82, 2.24) is 10.2 Å². The standard InChI is InChI=1S/C22H27N3O5/c1-14(2)10-12-23-18(26)13-30-21(29)22-11-9-19(27)25(22)17-6-4-3-5-16(17)20(28)24(22)15-7-8-15/h3-6,14-15H,7-13H2,1-2H3,(H,23,26)/t22-/m1/s1. The lowest BCUT2D eigenvalue weighted by molar-refractivity contribution is -0.160. The Kier molecular flexibility index (Phi) is 5.26. The molecule has 3 amide bonds. The number of nitrogens with one attached hydrogen (secondary N) is 1. The van der Waals surface area contributed by atoms with Crippen LogP contribution in [0.15, 0.2) is 24.3 Å². The number of ether oxygens (including phenoxy) is 1. The van der Waals surface area contributed by atoms with Gasteiger partial charge in [0.2, 0.25) is 11.6 Å². The minimum Gasteiger partial charge on any atom is -0.452 e. The van der Waals surface area contributed by atoms with E-state index in [1.807, 2.05) is 0 Å². The SMILES string of the molecule is CC(C)CCNC(=O)COC(=O)[C@@]12CCC(=O)N1c1ccccc1C(=O)N2C1CC1. The van der Waals surface area contributed by atoms with Crippen LogP contribution in [-0.4, -0.2) is 53.4 Å². The minimum atomic E-state index is -1.51. The largest absolute Gasteiger partial charge is 0.452 e. The smallest absolute Gasteiger partial charge is 0.354 e. The molecule has 0 bridgehead atoms. The van der Waals surface area contributed by atoms with E-state index in [0.29, 0.717) is 23.7 Å². The quantitative estimate of drug-likeness (QED) is 0.688. The van der Waals surface area contributed by atoms with E-state index in [-0.39, 0.29) is 30.7 Å². The van der Waals surface area contributed by atoms with Gasteiger partial charge in [0.15, 0.2) is 6.61 Å². The summed E-state index contributed by atoms with van der Waals surface area (Å²) in [6, 6.07) is 6.74. The van der Waals surface area contributed by atoms with Crippen molar-refractivity contribution in [1.29, 1.82) is 0 Å². The molecule has 0 spiro atoms. The monoisotopic (exact) mass is 413 g/mol. The average molecular weight is 413 g/mol. The van der Waals surface area contributed by atoms with Crippen LogP contribution in [-0.2, 0) is 19.1 Å². The second-order valence-electron chi connectivity index (χ2n) is 8.58. The molecule has 8 heteroatoms. The van der Waals surface area contributed by atoms with Crippen LogP contribution in [0.2, 0.25) is 0 Å². The summed E-state index contributed by atoms with van der Waals surface area (Å²) in [6.45, 7) is 4.18. The molecule has 1 aromatic rings. The van der Waals surface area contributed by atoms with Gasteiger partial charge in [-0.25, -0.2) is 4.79 Å². The van der Waals surface area contributed by atoms with Crippen LogP contribution >= 0.6 is 0 Å². The summed E-state index contributed by atoms with van der Waals surface area (Å²) in [7, 11) is 0. The van der Waals surface area contributed by atoms with E-state index in [2.05, 4.69) is 19.2 Å². The predicted molar refractivity (Wildman–Crippen MR) is 109 cm³/mol. The van der Waals surface area contributed by atoms with Gasteiger partial charge in [0, 0.05) is 25.4 Å². The molecule has 1 aliphatic carbocycles. The number of hydrogen-bond donors (Lipinski definition) is 1. The molecule has 1 aromatic carbocycles. The molecule has 3 aliphatic rings. The molecule has 0 radical (unpaired) electrons. The van der Waals surface area contributed by atoms with Crippen molar-refractivity contribution in [2.45, 2.75) is 57.7 Å². The highest BCUT2D eigenvalue weighted by Crippen LogP contribution is 2.49. The van der Waals surface area contributed by atoms with Crippen LogP contribution < -0.4 is 10.2 Å². The average Bonchev–Trinajstić information content (AvgIpc) is 3.48. The molecule has 1 saturated carbocycles. The summed E-state index contributed by atoms with van der Waals surface area (Å²) in [6.07, 6.45) is 2.69. The first kappa shape index (κ1) is 20.4. The number of esters is 1. The number of fused-ring (bicyclic) bond motifs is 3. The molecule has 1 saturated heterocycles. The summed E-state index contributed by atoms with van der Waals surface area (Å²) < 4.78 is 5.39.